The number of benzene rings is 3. The Labute approximate surface area is 192 Å². The number of piperidine rings is 1. The van der Waals surface area contributed by atoms with E-state index in [1.807, 2.05) is 0 Å². The van der Waals surface area contributed by atoms with E-state index in [4.69, 9.17) is 5.73 Å². The minimum Gasteiger partial charge on any atom is -0.326 e. The Morgan fingerprint density at radius 3 is 2.00 bits per heavy atom. The molecule has 3 aromatic rings. The average Bonchev–Trinajstić information content (AvgIpc) is 2.99. The molecule has 6 rings (SSSR count). The molecule has 6 unspecified atom stereocenters. The van der Waals surface area contributed by atoms with E-state index in [9.17, 15) is 0 Å². The Morgan fingerprint density at radius 2 is 1.38 bits per heavy atom. The highest BCUT2D eigenvalue weighted by Crippen LogP contribution is 2.56. The predicted molar refractivity (Wildman–Crippen MR) is 131 cm³/mol. The number of rotatable bonds is 5. The first-order valence-electron chi connectivity index (χ1n) is 12.5. The van der Waals surface area contributed by atoms with E-state index in [2.05, 4.69) is 95.9 Å². The molecular weight excluding hydrogens is 388 g/mol. The smallest absolute Gasteiger partial charge is 0.0365 e. The second-order valence-corrected chi connectivity index (χ2v) is 10.3. The molecule has 2 N–H and O–H groups in total. The molecule has 3 aliphatic rings. The fourth-order valence-electron chi connectivity index (χ4n) is 7.55. The molecule has 2 nitrogen and oxygen atoms in total. The second kappa shape index (κ2) is 8.50. The van der Waals surface area contributed by atoms with E-state index in [-0.39, 0.29) is 6.04 Å². The number of nitrogens with zero attached hydrogens (tertiary/aromatic N) is 1. The lowest BCUT2D eigenvalue weighted by Crippen LogP contribution is -2.63. The van der Waals surface area contributed by atoms with Gasteiger partial charge in [-0.25, -0.2) is 0 Å². The molecule has 2 saturated carbocycles. The Morgan fingerprint density at radius 1 is 0.781 bits per heavy atom. The minimum atomic E-state index is 0.207. The molecule has 2 aliphatic carbocycles. The maximum absolute atomic E-state index is 7.33. The van der Waals surface area contributed by atoms with Gasteiger partial charge >= 0.3 is 0 Å². The molecular formula is C30H34N2. The zero-order chi connectivity index (χ0) is 21.5. The number of hydrogen-bond acceptors (Lipinski definition) is 2. The molecule has 32 heavy (non-hydrogen) atoms. The van der Waals surface area contributed by atoms with Crippen LogP contribution in [0.25, 0.3) is 0 Å². The van der Waals surface area contributed by atoms with Crippen molar-refractivity contribution in [1.82, 2.24) is 4.90 Å². The maximum atomic E-state index is 7.33. The maximum Gasteiger partial charge on any atom is 0.0365 e. The molecule has 3 aromatic carbocycles. The van der Waals surface area contributed by atoms with Crippen molar-refractivity contribution in [2.24, 2.45) is 23.5 Å². The molecule has 0 radical (unpaired) electrons. The lowest BCUT2D eigenvalue weighted by molar-refractivity contribution is -0.00578. The largest absolute Gasteiger partial charge is 0.326 e. The van der Waals surface area contributed by atoms with E-state index in [1.54, 1.807) is 0 Å². The molecule has 1 saturated heterocycles. The third kappa shape index (κ3) is 3.41. The Kier molecular flexibility index (Phi) is 5.37. The van der Waals surface area contributed by atoms with Gasteiger partial charge in [0.1, 0.15) is 0 Å². The van der Waals surface area contributed by atoms with Crippen LogP contribution in [0.1, 0.15) is 48.3 Å². The van der Waals surface area contributed by atoms with Gasteiger partial charge in [-0.2, -0.15) is 0 Å². The Hall–Kier alpha value is -2.42. The van der Waals surface area contributed by atoms with Crippen molar-refractivity contribution in [1.29, 1.82) is 0 Å². The van der Waals surface area contributed by atoms with Crippen LogP contribution >= 0.6 is 0 Å². The van der Waals surface area contributed by atoms with Gasteiger partial charge in [0.25, 0.3) is 0 Å². The van der Waals surface area contributed by atoms with Crippen LogP contribution in [0, 0.1) is 17.8 Å². The summed E-state index contributed by atoms with van der Waals surface area (Å²) in [6.07, 6.45) is 5.46. The fraction of sp³-hybridized carbons (Fsp3) is 0.400. The minimum absolute atomic E-state index is 0.207. The molecule has 2 heteroatoms. The number of likely N-dealkylation sites (tertiary alicyclic amines) is 1. The molecule has 0 spiro atoms. The first-order valence-corrected chi connectivity index (χ1v) is 12.5. The summed E-state index contributed by atoms with van der Waals surface area (Å²) >= 11 is 0. The van der Waals surface area contributed by atoms with Crippen LogP contribution in [0.4, 0.5) is 0 Å². The topological polar surface area (TPSA) is 29.3 Å². The fourth-order valence-corrected chi connectivity index (χ4v) is 7.55. The molecule has 164 valence electrons. The van der Waals surface area contributed by atoms with Gasteiger partial charge in [-0.05, 0) is 47.3 Å². The van der Waals surface area contributed by atoms with E-state index < -0.39 is 0 Å². The summed E-state index contributed by atoms with van der Waals surface area (Å²) in [5.74, 6) is 2.56. The van der Waals surface area contributed by atoms with Crippen molar-refractivity contribution in [2.45, 2.75) is 56.3 Å². The van der Waals surface area contributed by atoms with Crippen LogP contribution in [0.3, 0.4) is 0 Å². The van der Waals surface area contributed by atoms with Gasteiger partial charge in [-0.3, -0.25) is 4.90 Å². The lowest BCUT2D eigenvalue weighted by atomic mass is 9.66. The normalized spacial score (nSPS) is 31.7. The molecule has 3 fully saturated rings. The number of hydrogen-bond donors (Lipinski definition) is 1. The van der Waals surface area contributed by atoms with Crippen LogP contribution in [0.15, 0.2) is 91.0 Å². The van der Waals surface area contributed by atoms with Crippen molar-refractivity contribution >= 4 is 0 Å². The van der Waals surface area contributed by atoms with Crippen molar-refractivity contribution in [2.75, 3.05) is 0 Å². The van der Waals surface area contributed by atoms with Gasteiger partial charge < -0.3 is 5.73 Å². The zero-order valence-electron chi connectivity index (χ0n) is 18.8. The number of nitrogens with two attached hydrogens (primary N) is 1. The summed E-state index contributed by atoms with van der Waals surface area (Å²) in [5, 5.41) is 0. The van der Waals surface area contributed by atoms with Gasteiger partial charge in [-0.15, -0.1) is 0 Å². The van der Waals surface area contributed by atoms with Crippen molar-refractivity contribution < 1.29 is 0 Å². The van der Waals surface area contributed by atoms with Crippen LogP contribution in [-0.4, -0.2) is 23.0 Å². The van der Waals surface area contributed by atoms with Crippen molar-refractivity contribution in [3.8, 4) is 0 Å². The van der Waals surface area contributed by atoms with Crippen molar-refractivity contribution in [3.05, 3.63) is 108 Å². The summed E-state index contributed by atoms with van der Waals surface area (Å²) in [7, 11) is 0. The molecule has 1 heterocycles. The first kappa shape index (κ1) is 20.2. The molecule has 0 aromatic heterocycles. The quantitative estimate of drug-likeness (QED) is 0.560. The van der Waals surface area contributed by atoms with Crippen LogP contribution in [0.5, 0.6) is 0 Å². The molecule has 6 atom stereocenters. The summed E-state index contributed by atoms with van der Waals surface area (Å²) in [6.45, 7) is 0.996. The van der Waals surface area contributed by atoms with Crippen molar-refractivity contribution in [3.63, 3.8) is 0 Å². The molecule has 1 aliphatic heterocycles. The second-order valence-electron chi connectivity index (χ2n) is 10.3. The Bertz CT molecular complexity index is 979. The highest BCUT2D eigenvalue weighted by Gasteiger charge is 2.58. The van der Waals surface area contributed by atoms with Gasteiger partial charge in [-0.1, -0.05) is 104 Å². The van der Waals surface area contributed by atoms with E-state index >= 15 is 0 Å². The van der Waals surface area contributed by atoms with Gasteiger partial charge in [0, 0.05) is 30.6 Å². The third-order valence-corrected chi connectivity index (χ3v) is 8.70. The third-order valence-electron chi connectivity index (χ3n) is 8.70. The van der Waals surface area contributed by atoms with Crippen LogP contribution in [0.2, 0.25) is 0 Å². The summed E-state index contributed by atoms with van der Waals surface area (Å²) in [6, 6.07) is 34.5. The molecule has 0 amide bonds. The summed E-state index contributed by atoms with van der Waals surface area (Å²) < 4.78 is 0. The van der Waals surface area contributed by atoms with Gasteiger partial charge in [0.05, 0.1) is 0 Å². The monoisotopic (exact) mass is 422 g/mol. The summed E-state index contributed by atoms with van der Waals surface area (Å²) in [5.41, 5.74) is 11.5. The lowest BCUT2D eigenvalue weighted by Gasteiger charge is -2.53. The average molecular weight is 423 g/mol. The zero-order valence-corrected chi connectivity index (χ0v) is 18.8. The van der Waals surface area contributed by atoms with E-state index in [0.717, 1.165) is 18.4 Å². The van der Waals surface area contributed by atoms with Crippen LogP contribution in [-0.2, 0) is 6.54 Å². The highest BCUT2D eigenvalue weighted by atomic mass is 15.2. The van der Waals surface area contributed by atoms with Crippen LogP contribution < -0.4 is 5.73 Å². The summed E-state index contributed by atoms with van der Waals surface area (Å²) in [4.78, 5) is 2.84. The predicted octanol–water partition coefficient (Wildman–Crippen LogP) is 5.84. The van der Waals surface area contributed by atoms with E-state index in [0.29, 0.717) is 23.9 Å². The first-order chi connectivity index (χ1) is 15.8. The van der Waals surface area contributed by atoms with Gasteiger partial charge in [0.2, 0.25) is 0 Å². The standard InChI is InChI=1S/C30H34N2/c31-29-28-24-17-10-18-25(28)26(19-24)32(20-21-11-4-1-5-12-21)30(29)27(22-13-6-2-7-14-22)23-15-8-3-9-16-23/h1-9,11-16,24-30H,10,17-20,31H2. The Balaban J connectivity index is 1.47. The highest BCUT2D eigenvalue weighted by molar-refractivity contribution is 5.36. The van der Waals surface area contributed by atoms with E-state index in [1.165, 1.54) is 42.4 Å². The SMILES string of the molecule is NC1C2C3CCCC2C(C3)N(Cc2ccccc2)C1C(c1ccccc1)c1ccccc1. The van der Waals surface area contributed by atoms with Gasteiger partial charge in [0.15, 0.2) is 0 Å². The molecule has 4 bridgehead atoms.